The van der Waals surface area contributed by atoms with E-state index in [0.717, 1.165) is 17.0 Å². The van der Waals surface area contributed by atoms with Crippen LogP contribution in [0.2, 0.25) is 0 Å². The van der Waals surface area contributed by atoms with Crippen LogP contribution in [-0.4, -0.2) is 47.6 Å². The maximum Gasteiger partial charge on any atom is 0.253 e. The summed E-state index contributed by atoms with van der Waals surface area (Å²) in [5.74, 6) is 0.754. The molecule has 0 saturated carbocycles. The quantitative estimate of drug-likeness (QED) is 0.768. The second kappa shape index (κ2) is 7.70. The number of sulfone groups is 1. The molecule has 1 amide bonds. The molecule has 2 aromatic rings. The van der Waals surface area contributed by atoms with Gasteiger partial charge in [-0.3, -0.25) is 9.48 Å². The minimum Gasteiger partial charge on any atom is -0.337 e. The van der Waals surface area contributed by atoms with Gasteiger partial charge in [-0.25, -0.2) is 8.42 Å². The van der Waals surface area contributed by atoms with Crippen molar-refractivity contribution < 1.29 is 13.2 Å². The summed E-state index contributed by atoms with van der Waals surface area (Å²) in [4.78, 5) is 14.5. The first-order valence-electron chi connectivity index (χ1n) is 9.69. The molecule has 0 spiro atoms. The van der Waals surface area contributed by atoms with Gasteiger partial charge in [0.2, 0.25) is 0 Å². The molecule has 1 saturated heterocycles. The Morgan fingerprint density at radius 1 is 1.25 bits per heavy atom. The lowest BCUT2D eigenvalue weighted by Gasteiger charge is -2.18. The summed E-state index contributed by atoms with van der Waals surface area (Å²) in [6.07, 6.45) is 0.598. The lowest BCUT2D eigenvalue weighted by molar-refractivity contribution is 0.0784. The number of amides is 1. The van der Waals surface area contributed by atoms with Crippen molar-refractivity contribution in [1.82, 2.24) is 14.7 Å². The Kier molecular flexibility index (Phi) is 5.66. The average molecular weight is 404 g/mol. The van der Waals surface area contributed by atoms with E-state index in [2.05, 4.69) is 18.9 Å². The molecule has 1 atom stereocenters. The number of rotatable bonds is 5. The Labute approximate surface area is 167 Å². The lowest BCUT2D eigenvalue weighted by Crippen LogP contribution is -2.26. The predicted molar refractivity (Wildman–Crippen MR) is 110 cm³/mol. The van der Waals surface area contributed by atoms with E-state index >= 15 is 0 Å². The average Bonchev–Trinajstić information content (AvgIpc) is 3.14. The fourth-order valence-corrected chi connectivity index (χ4v) is 5.48. The van der Waals surface area contributed by atoms with Gasteiger partial charge < -0.3 is 4.90 Å². The van der Waals surface area contributed by atoms with Crippen molar-refractivity contribution in [1.29, 1.82) is 0 Å². The largest absolute Gasteiger partial charge is 0.337 e. The van der Waals surface area contributed by atoms with Crippen molar-refractivity contribution >= 4 is 15.7 Å². The lowest BCUT2D eigenvalue weighted by atomic mass is 10.0. The number of aromatic nitrogens is 2. The van der Waals surface area contributed by atoms with E-state index in [1.165, 1.54) is 5.56 Å². The Bertz CT molecular complexity index is 975. The van der Waals surface area contributed by atoms with Gasteiger partial charge >= 0.3 is 0 Å². The summed E-state index contributed by atoms with van der Waals surface area (Å²) < 4.78 is 25.5. The SMILES string of the molecule is Cc1nn(C2CCS(=O)(=O)C2)c(C)c1CN(C)C(=O)c1ccc(C(C)C)cc1. The maximum absolute atomic E-state index is 12.8. The molecular weight excluding hydrogens is 374 g/mol. The molecule has 3 rings (SSSR count). The number of nitrogens with zero attached hydrogens (tertiary/aromatic N) is 3. The number of hydrogen-bond acceptors (Lipinski definition) is 4. The molecule has 28 heavy (non-hydrogen) atoms. The van der Waals surface area contributed by atoms with Gasteiger partial charge in [0.15, 0.2) is 9.84 Å². The predicted octanol–water partition coefficient (Wildman–Crippen LogP) is 3.26. The van der Waals surface area contributed by atoms with Crippen LogP contribution in [-0.2, 0) is 16.4 Å². The number of benzene rings is 1. The third kappa shape index (κ3) is 4.14. The smallest absolute Gasteiger partial charge is 0.253 e. The highest BCUT2D eigenvalue weighted by atomic mass is 32.2. The summed E-state index contributed by atoms with van der Waals surface area (Å²) in [5.41, 5.74) is 4.64. The van der Waals surface area contributed by atoms with E-state index in [9.17, 15) is 13.2 Å². The van der Waals surface area contributed by atoms with E-state index in [1.54, 1.807) is 11.9 Å². The van der Waals surface area contributed by atoms with Crippen molar-refractivity contribution in [2.75, 3.05) is 18.6 Å². The van der Waals surface area contributed by atoms with Crippen molar-refractivity contribution in [3.8, 4) is 0 Å². The summed E-state index contributed by atoms with van der Waals surface area (Å²) in [6, 6.07) is 7.64. The van der Waals surface area contributed by atoms with E-state index in [-0.39, 0.29) is 23.5 Å². The normalized spacial score (nSPS) is 18.6. The molecule has 1 aliphatic heterocycles. The standard InChI is InChI=1S/C21H29N3O3S/c1-14(2)17-6-8-18(9-7-17)21(25)23(5)12-20-15(3)22-24(16(20)4)19-10-11-28(26,27)13-19/h6-9,14,19H,10-13H2,1-5H3. The highest BCUT2D eigenvalue weighted by Gasteiger charge is 2.31. The molecule has 0 bridgehead atoms. The van der Waals surface area contributed by atoms with Crippen LogP contribution in [0.3, 0.4) is 0 Å². The molecule has 1 unspecified atom stereocenters. The van der Waals surface area contributed by atoms with E-state index in [0.29, 0.717) is 24.4 Å². The summed E-state index contributed by atoms with van der Waals surface area (Å²) in [5, 5.41) is 4.59. The summed E-state index contributed by atoms with van der Waals surface area (Å²) in [7, 11) is -1.18. The van der Waals surface area contributed by atoms with Crippen LogP contribution in [0.15, 0.2) is 24.3 Å². The van der Waals surface area contributed by atoms with Crippen molar-refractivity contribution in [3.05, 3.63) is 52.3 Å². The zero-order chi connectivity index (χ0) is 20.6. The van der Waals surface area contributed by atoms with Crippen LogP contribution in [0, 0.1) is 13.8 Å². The maximum atomic E-state index is 12.8. The van der Waals surface area contributed by atoms with Gasteiger partial charge in [-0.05, 0) is 43.9 Å². The minimum atomic E-state index is -2.97. The van der Waals surface area contributed by atoms with E-state index < -0.39 is 9.84 Å². The number of aryl methyl sites for hydroxylation is 1. The third-order valence-electron chi connectivity index (χ3n) is 5.60. The van der Waals surface area contributed by atoms with Crippen LogP contribution in [0.25, 0.3) is 0 Å². The van der Waals surface area contributed by atoms with Crippen molar-refractivity contribution in [3.63, 3.8) is 0 Å². The fourth-order valence-electron chi connectivity index (χ4n) is 3.79. The Morgan fingerprint density at radius 3 is 2.43 bits per heavy atom. The van der Waals surface area contributed by atoms with Gasteiger partial charge in [0.25, 0.3) is 5.91 Å². The number of hydrogen-bond donors (Lipinski definition) is 0. The van der Waals surface area contributed by atoms with E-state index in [4.69, 9.17) is 0 Å². The summed E-state index contributed by atoms with van der Waals surface area (Å²) in [6.45, 7) is 8.57. The molecule has 0 radical (unpaired) electrons. The molecule has 6 nitrogen and oxygen atoms in total. The zero-order valence-corrected chi connectivity index (χ0v) is 18.1. The molecule has 152 valence electrons. The minimum absolute atomic E-state index is 0.0368. The van der Waals surface area contributed by atoms with E-state index in [1.807, 2.05) is 42.8 Å². The summed E-state index contributed by atoms with van der Waals surface area (Å²) >= 11 is 0. The first-order chi connectivity index (χ1) is 13.1. The van der Waals surface area contributed by atoms with Crippen LogP contribution >= 0.6 is 0 Å². The number of carbonyl (C=O) groups excluding carboxylic acids is 1. The molecule has 1 aromatic heterocycles. The fraction of sp³-hybridized carbons (Fsp3) is 0.524. The first-order valence-corrected chi connectivity index (χ1v) is 11.5. The van der Waals surface area contributed by atoms with Crippen LogP contribution in [0.4, 0.5) is 0 Å². The van der Waals surface area contributed by atoms with Crippen molar-refractivity contribution in [2.45, 2.75) is 52.6 Å². The molecule has 0 aliphatic carbocycles. The van der Waals surface area contributed by atoms with Crippen molar-refractivity contribution in [2.24, 2.45) is 0 Å². The molecule has 1 aromatic carbocycles. The van der Waals surface area contributed by atoms with Gasteiger partial charge in [0, 0.05) is 30.4 Å². The molecular formula is C21H29N3O3S. The number of carbonyl (C=O) groups is 1. The second-order valence-corrected chi connectivity index (χ2v) is 10.3. The monoisotopic (exact) mass is 403 g/mol. The topological polar surface area (TPSA) is 72.3 Å². The zero-order valence-electron chi connectivity index (χ0n) is 17.3. The van der Waals surface area contributed by atoms with Gasteiger partial charge in [-0.1, -0.05) is 26.0 Å². The third-order valence-corrected chi connectivity index (χ3v) is 7.35. The molecule has 0 N–H and O–H groups in total. The highest BCUT2D eigenvalue weighted by molar-refractivity contribution is 7.91. The Balaban J connectivity index is 1.77. The Morgan fingerprint density at radius 2 is 1.89 bits per heavy atom. The second-order valence-electron chi connectivity index (χ2n) is 8.09. The molecule has 1 aliphatic rings. The van der Waals surface area contributed by atoms with Gasteiger partial charge in [0.05, 0.1) is 23.2 Å². The van der Waals surface area contributed by atoms with Crippen LogP contribution in [0.5, 0.6) is 0 Å². The van der Waals surface area contributed by atoms with Crippen LogP contribution < -0.4 is 0 Å². The molecule has 2 heterocycles. The molecule has 1 fully saturated rings. The highest BCUT2D eigenvalue weighted by Crippen LogP contribution is 2.27. The van der Waals surface area contributed by atoms with Crippen LogP contribution in [0.1, 0.15) is 65.1 Å². The van der Waals surface area contributed by atoms with Gasteiger partial charge in [-0.2, -0.15) is 5.10 Å². The Hall–Kier alpha value is -2.15. The van der Waals surface area contributed by atoms with Gasteiger partial charge in [-0.15, -0.1) is 0 Å². The first kappa shape index (κ1) is 20.6. The molecule has 7 heteroatoms. The van der Waals surface area contributed by atoms with Gasteiger partial charge in [0.1, 0.15) is 0 Å².